The van der Waals surface area contributed by atoms with Crippen molar-refractivity contribution in [3.05, 3.63) is 47.0 Å². The molecule has 1 aromatic heterocycles. The Kier molecular flexibility index (Phi) is 4.36. The molecule has 1 amide bonds. The summed E-state index contributed by atoms with van der Waals surface area (Å²) in [7, 11) is 1.55. The van der Waals surface area contributed by atoms with Crippen molar-refractivity contribution in [3.8, 4) is 16.7 Å². The molecule has 0 saturated heterocycles. The SMILES string of the molecule is CNC(=O)Cc1ccc(Oc2nc3ccc(Cl)cc3s2)cc1O. The van der Waals surface area contributed by atoms with Gasteiger partial charge in [-0.1, -0.05) is 29.0 Å². The Labute approximate surface area is 141 Å². The maximum absolute atomic E-state index is 11.4. The van der Waals surface area contributed by atoms with Crippen LogP contribution in [-0.4, -0.2) is 23.0 Å². The third-order valence-electron chi connectivity index (χ3n) is 3.22. The number of aromatic nitrogens is 1. The van der Waals surface area contributed by atoms with E-state index in [0.717, 1.165) is 10.2 Å². The van der Waals surface area contributed by atoms with Gasteiger partial charge in [0.2, 0.25) is 5.91 Å². The van der Waals surface area contributed by atoms with Gasteiger partial charge in [0.25, 0.3) is 5.19 Å². The number of thiazole rings is 1. The molecule has 1 heterocycles. The summed E-state index contributed by atoms with van der Waals surface area (Å²) in [4.78, 5) is 15.7. The van der Waals surface area contributed by atoms with Gasteiger partial charge in [-0.05, 0) is 24.3 Å². The van der Waals surface area contributed by atoms with Gasteiger partial charge in [-0.25, -0.2) is 4.98 Å². The number of rotatable bonds is 4. The smallest absolute Gasteiger partial charge is 0.279 e. The number of hydrogen-bond acceptors (Lipinski definition) is 5. The molecule has 5 nitrogen and oxygen atoms in total. The van der Waals surface area contributed by atoms with Crippen LogP contribution in [0.1, 0.15) is 5.56 Å². The predicted octanol–water partition coefficient (Wildman–Crippen LogP) is 3.74. The van der Waals surface area contributed by atoms with E-state index < -0.39 is 0 Å². The highest BCUT2D eigenvalue weighted by atomic mass is 35.5. The van der Waals surface area contributed by atoms with Crippen LogP contribution in [0.4, 0.5) is 0 Å². The number of halogens is 1. The molecule has 0 radical (unpaired) electrons. The van der Waals surface area contributed by atoms with Crippen LogP contribution in [0.3, 0.4) is 0 Å². The number of ether oxygens (including phenoxy) is 1. The Morgan fingerprint density at radius 1 is 1.35 bits per heavy atom. The monoisotopic (exact) mass is 348 g/mol. The Morgan fingerprint density at radius 2 is 2.17 bits per heavy atom. The lowest BCUT2D eigenvalue weighted by atomic mass is 10.1. The highest BCUT2D eigenvalue weighted by Crippen LogP contribution is 2.34. The maximum Gasteiger partial charge on any atom is 0.279 e. The Balaban J connectivity index is 1.81. The fourth-order valence-electron chi connectivity index (χ4n) is 2.04. The van der Waals surface area contributed by atoms with Crippen molar-refractivity contribution in [3.63, 3.8) is 0 Å². The zero-order valence-electron chi connectivity index (χ0n) is 12.2. The number of nitrogens with zero attached hydrogens (tertiary/aromatic N) is 1. The Hall–Kier alpha value is -2.31. The van der Waals surface area contributed by atoms with Crippen molar-refractivity contribution < 1.29 is 14.6 Å². The highest BCUT2D eigenvalue weighted by molar-refractivity contribution is 7.20. The molecule has 0 spiro atoms. The standard InChI is InChI=1S/C16H13ClN2O3S/c1-18-15(21)6-9-2-4-11(8-13(9)20)22-16-19-12-5-3-10(17)7-14(12)23-16/h2-5,7-8,20H,6H2,1H3,(H,18,21). The maximum atomic E-state index is 11.4. The molecule has 23 heavy (non-hydrogen) atoms. The van der Waals surface area contributed by atoms with Gasteiger partial charge in [-0.2, -0.15) is 0 Å². The van der Waals surface area contributed by atoms with E-state index >= 15 is 0 Å². The number of likely N-dealkylation sites (N-methyl/N-ethyl adjacent to an activating group) is 1. The summed E-state index contributed by atoms with van der Waals surface area (Å²) in [6, 6.07) is 10.2. The minimum Gasteiger partial charge on any atom is -0.508 e. The van der Waals surface area contributed by atoms with Crippen molar-refractivity contribution in [2.24, 2.45) is 0 Å². The molecular formula is C16H13ClN2O3S. The largest absolute Gasteiger partial charge is 0.508 e. The molecule has 3 aromatic rings. The minimum atomic E-state index is -0.169. The van der Waals surface area contributed by atoms with Crippen molar-refractivity contribution in [2.45, 2.75) is 6.42 Å². The lowest BCUT2D eigenvalue weighted by molar-refractivity contribution is -0.119. The zero-order chi connectivity index (χ0) is 16.4. The number of aromatic hydroxyl groups is 1. The molecule has 2 N–H and O–H groups in total. The first-order chi connectivity index (χ1) is 11.0. The van der Waals surface area contributed by atoms with E-state index in [0.29, 0.717) is 21.5 Å². The summed E-state index contributed by atoms with van der Waals surface area (Å²) in [6.45, 7) is 0. The molecule has 0 fully saturated rings. The van der Waals surface area contributed by atoms with E-state index in [-0.39, 0.29) is 18.1 Å². The number of hydrogen-bond donors (Lipinski definition) is 2. The summed E-state index contributed by atoms with van der Waals surface area (Å²) in [5.74, 6) is 0.292. The van der Waals surface area contributed by atoms with Gasteiger partial charge in [0.05, 0.1) is 16.6 Å². The van der Waals surface area contributed by atoms with Gasteiger partial charge in [0, 0.05) is 23.7 Å². The van der Waals surface area contributed by atoms with Gasteiger partial charge in [-0.3, -0.25) is 4.79 Å². The second-order valence-corrected chi connectivity index (χ2v) is 6.26. The van der Waals surface area contributed by atoms with Gasteiger partial charge in [0.15, 0.2) is 0 Å². The summed E-state index contributed by atoms with van der Waals surface area (Å²) in [5, 5.41) is 13.6. The van der Waals surface area contributed by atoms with Gasteiger partial charge >= 0.3 is 0 Å². The molecule has 118 valence electrons. The number of nitrogens with one attached hydrogen (secondary N) is 1. The van der Waals surface area contributed by atoms with Crippen molar-refractivity contribution in [1.82, 2.24) is 10.3 Å². The molecule has 0 unspecified atom stereocenters. The topological polar surface area (TPSA) is 71.5 Å². The summed E-state index contributed by atoms with van der Waals surface area (Å²) < 4.78 is 6.60. The molecule has 0 aliphatic rings. The number of amides is 1. The van der Waals surface area contributed by atoms with Gasteiger partial charge in [-0.15, -0.1) is 0 Å². The first kappa shape index (κ1) is 15.6. The quantitative estimate of drug-likeness (QED) is 0.753. The number of carbonyl (C=O) groups excluding carboxylic acids is 1. The van der Waals surface area contributed by atoms with Crippen LogP contribution < -0.4 is 10.1 Å². The zero-order valence-corrected chi connectivity index (χ0v) is 13.7. The fraction of sp³-hybridized carbons (Fsp3) is 0.125. The lowest BCUT2D eigenvalue weighted by Gasteiger charge is -2.06. The van der Waals surface area contributed by atoms with E-state index in [2.05, 4.69) is 10.3 Å². The third kappa shape index (κ3) is 3.55. The van der Waals surface area contributed by atoms with Crippen molar-refractivity contribution in [1.29, 1.82) is 0 Å². The van der Waals surface area contributed by atoms with E-state index in [4.69, 9.17) is 16.3 Å². The second kappa shape index (κ2) is 6.44. The van der Waals surface area contributed by atoms with Crippen LogP contribution in [0.5, 0.6) is 16.7 Å². The normalized spacial score (nSPS) is 10.7. The average Bonchev–Trinajstić information content (AvgIpc) is 2.91. The molecule has 0 saturated carbocycles. The van der Waals surface area contributed by atoms with Crippen LogP contribution in [0, 0.1) is 0 Å². The first-order valence-corrected chi connectivity index (χ1v) is 8.01. The number of benzene rings is 2. The fourth-order valence-corrected chi connectivity index (χ4v) is 3.15. The average molecular weight is 349 g/mol. The Bertz CT molecular complexity index is 879. The summed E-state index contributed by atoms with van der Waals surface area (Å²) in [5.41, 5.74) is 1.34. The van der Waals surface area contributed by atoms with Crippen LogP contribution in [-0.2, 0) is 11.2 Å². The van der Waals surface area contributed by atoms with E-state index in [1.165, 1.54) is 17.4 Å². The van der Waals surface area contributed by atoms with Crippen LogP contribution in [0.15, 0.2) is 36.4 Å². The highest BCUT2D eigenvalue weighted by Gasteiger charge is 2.10. The molecule has 0 atom stereocenters. The number of fused-ring (bicyclic) bond motifs is 1. The molecule has 0 aliphatic carbocycles. The molecule has 3 rings (SSSR count). The van der Waals surface area contributed by atoms with E-state index in [1.807, 2.05) is 12.1 Å². The first-order valence-electron chi connectivity index (χ1n) is 6.81. The lowest BCUT2D eigenvalue weighted by Crippen LogP contribution is -2.19. The number of phenols is 1. The van der Waals surface area contributed by atoms with Crippen molar-refractivity contribution >= 4 is 39.1 Å². The Morgan fingerprint density at radius 3 is 2.91 bits per heavy atom. The molecule has 2 aromatic carbocycles. The van der Waals surface area contributed by atoms with Gasteiger partial charge < -0.3 is 15.2 Å². The van der Waals surface area contributed by atoms with E-state index in [1.54, 1.807) is 25.2 Å². The number of carbonyl (C=O) groups is 1. The summed E-state index contributed by atoms with van der Waals surface area (Å²) >= 11 is 7.32. The third-order valence-corrected chi connectivity index (χ3v) is 4.35. The van der Waals surface area contributed by atoms with Crippen LogP contribution in [0.25, 0.3) is 10.2 Å². The summed E-state index contributed by atoms with van der Waals surface area (Å²) in [6.07, 6.45) is 0.113. The van der Waals surface area contributed by atoms with Crippen LogP contribution >= 0.6 is 22.9 Å². The second-order valence-electron chi connectivity index (χ2n) is 4.83. The van der Waals surface area contributed by atoms with Crippen LogP contribution in [0.2, 0.25) is 5.02 Å². The van der Waals surface area contributed by atoms with Crippen molar-refractivity contribution in [2.75, 3.05) is 7.05 Å². The predicted molar refractivity (Wildman–Crippen MR) is 90.6 cm³/mol. The molecule has 0 bridgehead atoms. The van der Waals surface area contributed by atoms with Gasteiger partial charge in [0.1, 0.15) is 11.5 Å². The molecule has 7 heteroatoms. The minimum absolute atomic E-state index is 0.00950. The molecular weight excluding hydrogens is 336 g/mol. The van der Waals surface area contributed by atoms with E-state index in [9.17, 15) is 9.90 Å². The number of phenolic OH excluding ortho intramolecular Hbond substituents is 1. The molecule has 0 aliphatic heterocycles.